The molecule has 0 amide bonds. The van der Waals surface area contributed by atoms with Crippen LogP contribution in [0, 0.1) is 0 Å². The van der Waals surface area contributed by atoms with Crippen molar-refractivity contribution in [3.8, 4) is 0 Å². The molecule has 1 aromatic heterocycles. The molecule has 0 aliphatic heterocycles. The van der Waals surface area contributed by atoms with Gasteiger partial charge in [0.05, 0.1) is 13.7 Å². The Morgan fingerprint density at radius 1 is 1.32 bits per heavy atom. The van der Waals surface area contributed by atoms with Gasteiger partial charge in [-0.25, -0.2) is 4.79 Å². The number of ether oxygens (including phenoxy) is 2. The first-order valence-corrected chi connectivity index (χ1v) is 7.58. The minimum Gasteiger partial charge on any atom is -0.469 e. The summed E-state index contributed by atoms with van der Waals surface area (Å²) in [6.45, 7) is 2.03. The zero-order valence-electron chi connectivity index (χ0n) is 12.6. The van der Waals surface area contributed by atoms with Gasteiger partial charge in [0.2, 0.25) is 0 Å². The van der Waals surface area contributed by atoms with Crippen molar-refractivity contribution in [1.29, 1.82) is 0 Å². The van der Waals surface area contributed by atoms with E-state index in [-0.39, 0.29) is 19.0 Å². The molecule has 0 bridgehead atoms. The maximum atomic E-state index is 12.1. The summed E-state index contributed by atoms with van der Waals surface area (Å²) in [6.07, 6.45) is 0.571. The van der Waals surface area contributed by atoms with Crippen LogP contribution in [0.1, 0.15) is 35.0 Å². The van der Waals surface area contributed by atoms with Crippen LogP contribution in [0.4, 0.5) is 0 Å². The number of aromatic amines is 1. The Labute approximate surface area is 133 Å². The number of benzene rings is 1. The Hall–Kier alpha value is -2.01. The number of aryl methyl sites for hydroxylation is 1. The number of esters is 2. The SMILES string of the molecule is CCOC(=O)c1[nH]c2cccc(CCl)c2c1CCC(=O)OC. The van der Waals surface area contributed by atoms with E-state index in [1.54, 1.807) is 6.92 Å². The highest BCUT2D eigenvalue weighted by atomic mass is 35.5. The molecule has 1 heterocycles. The van der Waals surface area contributed by atoms with Crippen molar-refractivity contribution in [3.63, 3.8) is 0 Å². The molecular weight excluding hydrogens is 306 g/mol. The Morgan fingerprint density at radius 2 is 2.09 bits per heavy atom. The highest BCUT2D eigenvalue weighted by Crippen LogP contribution is 2.29. The molecule has 1 N–H and O–H groups in total. The van der Waals surface area contributed by atoms with Gasteiger partial charge in [0.15, 0.2) is 0 Å². The maximum absolute atomic E-state index is 12.1. The van der Waals surface area contributed by atoms with E-state index in [9.17, 15) is 9.59 Å². The molecule has 0 spiro atoms. The molecule has 0 radical (unpaired) electrons. The van der Waals surface area contributed by atoms with Crippen molar-refractivity contribution in [2.45, 2.75) is 25.6 Å². The Balaban J connectivity index is 2.52. The van der Waals surface area contributed by atoms with Gasteiger partial charge in [-0.15, -0.1) is 11.6 Å². The van der Waals surface area contributed by atoms with Gasteiger partial charge in [-0.1, -0.05) is 12.1 Å². The van der Waals surface area contributed by atoms with Gasteiger partial charge >= 0.3 is 11.9 Å². The lowest BCUT2D eigenvalue weighted by atomic mass is 10.0. The van der Waals surface area contributed by atoms with Crippen LogP contribution < -0.4 is 0 Å². The summed E-state index contributed by atoms with van der Waals surface area (Å²) in [5.74, 6) is -0.436. The lowest BCUT2D eigenvalue weighted by Gasteiger charge is -2.06. The summed E-state index contributed by atoms with van der Waals surface area (Å²) in [5.41, 5.74) is 2.83. The molecule has 1 aromatic carbocycles. The highest BCUT2D eigenvalue weighted by molar-refractivity contribution is 6.18. The van der Waals surface area contributed by atoms with Gasteiger partial charge in [-0.2, -0.15) is 0 Å². The fraction of sp³-hybridized carbons (Fsp3) is 0.375. The van der Waals surface area contributed by atoms with Gasteiger partial charge in [-0.05, 0) is 30.5 Å². The first-order chi connectivity index (χ1) is 10.6. The molecule has 0 aliphatic carbocycles. The quantitative estimate of drug-likeness (QED) is 0.655. The van der Waals surface area contributed by atoms with Crippen LogP contribution >= 0.6 is 11.6 Å². The molecule has 0 fully saturated rings. The predicted octanol–water partition coefficient (Wildman–Crippen LogP) is 3.19. The standard InChI is InChI=1S/C16H18ClNO4/c1-3-22-16(20)15-11(7-8-13(19)21-2)14-10(9-17)5-4-6-12(14)18-15/h4-6,18H,3,7-9H2,1-2H3. The minimum absolute atomic E-state index is 0.187. The molecule has 118 valence electrons. The third-order valence-corrected chi connectivity index (χ3v) is 3.73. The van der Waals surface area contributed by atoms with E-state index in [4.69, 9.17) is 16.3 Å². The van der Waals surface area contributed by atoms with Crippen molar-refractivity contribution in [2.24, 2.45) is 0 Å². The molecule has 0 aliphatic rings. The number of hydrogen-bond donors (Lipinski definition) is 1. The first kappa shape index (κ1) is 16.4. The number of rotatable bonds is 6. The molecule has 6 heteroatoms. The van der Waals surface area contributed by atoms with E-state index in [0.29, 0.717) is 18.0 Å². The number of hydrogen-bond acceptors (Lipinski definition) is 4. The Bertz CT molecular complexity index is 693. The van der Waals surface area contributed by atoms with Crippen molar-refractivity contribution >= 4 is 34.4 Å². The molecule has 2 rings (SSSR count). The van der Waals surface area contributed by atoms with E-state index in [2.05, 4.69) is 9.72 Å². The molecule has 5 nitrogen and oxygen atoms in total. The number of nitrogens with one attached hydrogen (secondary N) is 1. The topological polar surface area (TPSA) is 68.4 Å². The zero-order valence-corrected chi connectivity index (χ0v) is 13.3. The smallest absolute Gasteiger partial charge is 0.355 e. The largest absolute Gasteiger partial charge is 0.469 e. The van der Waals surface area contributed by atoms with E-state index in [1.165, 1.54) is 7.11 Å². The monoisotopic (exact) mass is 323 g/mol. The number of aromatic nitrogens is 1. The summed E-state index contributed by atoms with van der Waals surface area (Å²) in [7, 11) is 1.34. The second kappa shape index (κ2) is 7.31. The lowest BCUT2D eigenvalue weighted by molar-refractivity contribution is -0.140. The molecule has 0 saturated carbocycles. The van der Waals surface area contributed by atoms with E-state index in [1.807, 2.05) is 18.2 Å². The van der Waals surface area contributed by atoms with Gasteiger partial charge in [0.25, 0.3) is 0 Å². The predicted molar refractivity (Wildman–Crippen MR) is 84.1 cm³/mol. The molecule has 0 atom stereocenters. The number of fused-ring (bicyclic) bond motifs is 1. The molecule has 22 heavy (non-hydrogen) atoms. The summed E-state index contributed by atoms with van der Waals surface area (Å²) >= 11 is 6.00. The van der Waals surface area contributed by atoms with Crippen LogP contribution in [0.3, 0.4) is 0 Å². The number of alkyl halides is 1. The number of carbonyl (C=O) groups excluding carboxylic acids is 2. The second-order valence-electron chi connectivity index (χ2n) is 4.75. The highest BCUT2D eigenvalue weighted by Gasteiger charge is 2.21. The zero-order chi connectivity index (χ0) is 16.1. The summed E-state index contributed by atoms with van der Waals surface area (Å²) in [6, 6.07) is 5.64. The van der Waals surface area contributed by atoms with E-state index < -0.39 is 5.97 Å². The summed E-state index contributed by atoms with van der Waals surface area (Å²) in [4.78, 5) is 26.7. The van der Waals surface area contributed by atoms with Gasteiger partial charge in [0.1, 0.15) is 5.69 Å². The van der Waals surface area contributed by atoms with Crippen molar-refractivity contribution in [1.82, 2.24) is 4.98 Å². The van der Waals surface area contributed by atoms with Crippen LogP contribution in [0.5, 0.6) is 0 Å². The number of halogens is 1. The number of H-pyrrole nitrogens is 1. The van der Waals surface area contributed by atoms with Gasteiger partial charge in [-0.3, -0.25) is 4.79 Å². The Morgan fingerprint density at radius 3 is 2.73 bits per heavy atom. The fourth-order valence-electron chi connectivity index (χ4n) is 2.46. The summed E-state index contributed by atoms with van der Waals surface area (Å²) < 4.78 is 9.76. The fourth-order valence-corrected chi connectivity index (χ4v) is 2.69. The molecule has 0 saturated heterocycles. The van der Waals surface area contributed by atoms with Crippen LogP contribution in [-0.4, -0.2) is 30.6 Å². The molecular formula is C16H18ClNO4. The van der Waals surface area contributed by atoms with Crippen molar-refractivity contribution in [2.75, 3.05) is 13.7 Å². The van der Waals surface area contributed by atoms with E-state index >= 15 is 0 Å². The lowest BCUT2D eigenvalue weighted by Crippen LogP contribution is -2.09. The average molecular weight is 324 g/mol. The maximum Gasteiger partial charge on any atom is 0.355 e. The van der Waals surface area contributed by atoms with E-state index in [0.717, 1.165) is 22.0 Å². The second-order valence-corrected chi connectivity index (χ2v) is 5.02. The van der Waals surface area contributed by atoms with Crippen LogP contribution in [-0.2, 0) is 26.6 Å². The molecule has 0 unspecified atom stereocenters. The third kappa shape index (κ3) is 3.25. The van der Waals surface area contributed by atoms with Gasteiger partial charge in [0, 0.05) is 23.2 Å². The number of methoxy groups -OCH3 is 1. The molecule has 2 aromatic rings. The van der Waals surface area contributed by atoms with Crippen molar-refractivity contribution in [3.05, 3.63) is 35.0 Å². The van der Waals surface area contributed by atoms with Crippen LogP contribution in [0.25, 0.3) is 10.9 Å². The average Bonchev–Trinajstić information content (AvgIpc) is 2.91. The summed E-state index contributed by atoms with van der Waals surface area (Å²) in [5, 5.41) is 0.879. The van der Waals surface area contributed by atoms with Crippen LogP contribution in [0.2, 0.25) is 0 Å². The minimum atomic E-state index is -0.431. The first-order valence-electron chi connectivity index (χ1n) is 7.04. The van der Waals surface area contributed by atoms with Crippen LogP contribution in [0.15, 0.2) is 18.2 Å². The Kier molecular flexibility index (Phi) is 5.44. The van der Waals surface area contributed by atoms with Gasteiger partial charge < -0.3 is 14.5 Å². The number of carbonyl (C=O) groups is 2. The normalized spacial score (nSPS) is 10.7. The van der Waals surface area contributed by atoms with Crippen molar-refractivity contribution < 1.29 is 19.1 Å². The third-order valence-electron chi connectivity index (χ3n) is 3.44.